The number of methoxy groups -OCH3 is 1. The van der Waals surface area contributed by atoms with Crippen molar-refractivity contribution in [2.75, 3.05) is 18.8 Å². The molecule has 2 atom stereocenters. The molecular formula is C22H21NO4S. The fourth-order valence-corrected chi connectivity index (χ4v) is 5.21. The third-order valence-electron chi connectivity index (χ3n) is 4.92. The molecule has 0 spiro atoms. The number of sulfone groups is 1. The predicted octanol–water partition coefficient (Wildman–Crippen LogP) is 4.03. The first-order valence-electron chi connectivity index (χ1n) is 9.01. The van der Waals surface area contributed by atoms with E-state index in [4.69, 9.17) is 9.57 Å². The van der Waals surface area contributed by atoms with Gasteiger partial charge in [-0.3, -0.25) is 4.84 Å². The van der Waals surface area contributed by atoms with Crippen molar-refractivity contribution >= 4 is 15.5 Å². The van der Waals surface area contributed by atoms with E-state index < -0.39 is 21.1 Å². The topological polar surface area (TPSA) is 55.8 Å². The lowest BCUT2D eigenvalue weighted by Gasteiger charge is -2.27. The van der Waals surface area contributed by atoms with E-state index in [1.807, 2.05) is 54.6 Å². The molecule has 1 heterocycles. The maximum atomic E-state index is 13.4. The zero-order valence-electron chi connectivity index (χ0n) is 15.4. The predicted molar refractivity (Wildman–Crippen MR) is 108 cm³/mol. The average molecular weight is 395 g/mol. The first kappa shape index (κ1) is 18.5. The summed E-state index contributed by atoms with van der Waals surface area (Å²) in [6.07, 6.45) is 0. The number of anilines is 1. The van der Waals surface area contributed by atoms with E-state index in [0.717, 1.165) is 17.0 Å². The number of ether oxygens (including phenoxy) is 1. The van der Waals surface area contributed by atoms with Crippen LogP contribution >= 0.6 is 0 Å². The number of hydrogen-bond donors (Lipinski definition) is 0. The molecule has 1 aliphatic rings. The summed E-state index contributed by atoms with van der Waals surface area (Å²) in [7, 11) is -1.99. The Hall–Kier alpha value is -2.83. The molecule has 144 valence electrons. The fraction of sp³-hybridized carbons (Fsp3) is 0.182. The lowest BCUT2D eigenvalue weighted by atomic mass is 10.0. The van der Waals surface area contributed by atoms with Crippen LogP contribution in [0.3, 0.4) is 0 Å². The third-order valence-corrected chi connectivity index (χ3v) is 7.04. The van der Waals surface area contributed by atoms with E-state index in [1.165, 1.54) is 0 Å². The van der Waals surface area contributed by atoms with Crippen LogP contribution in [0.25, 0.3) is 0 Å². The zero-order chi connectivity index (χ0) is 19.6. The molecule has 3 aromatic carbocycles. The summed E-state index contributed by atoms with van der Waals surface area (Å²) < 4.78 is 32.0. The van der Waals surface area contributed by atoms with Gasteiger partial charge >= 0.3 is 0 Å². The number of rotatable bonds is 5. The Balaban J connectivity index is 1.79. The Morgan fingerprint density at radius 1 is 0.893 bits per heavy atom. The Labute approximate surface area is 165 Å². The van der Waals surface area contributed by atoms with Crippen LogP contribution in [0, 0.1) is 0 Å². The van der Waals surface area contributed by atoms with E-state index in [2.05, 4.69) is 0 Å². The number of hydroxylamine groups is 1. The van der Waals surface area contributed by atoms with Crippen LogP contribution in [0.4, 0.5) is 5.69 Å². The summed E-state index contributed by atoms with van der Waals surface area (Å²) in [6.45, 7) is 0.0861. The van der Waals surface area contributed by atoms with Gasteiger partial charge in [-0.2, -0.15) is 0 Å². The molecule has 6 heteroatoms. The fourth-order valence-electron chi connectivity index (χ4n) is 3.48. The second kappa shape index (κ2) is 7.66. The maximum Gasteiger partial charge on any atom is 0.186 e. The van der Waals surface area contributed by atoms with Gasteiger partial charge in [0.15, 0.2) is 9.84 Å². The molecule has 0 aromatic heterocycles. The van der Waals surface area contributed by atoms with Gasteiger partial charge in [-0.25, -0.2) is 13.5 Å². The maximum absolute atomic E-state index is 13.4. The monoisotopic (exact) mass is 395 g/mol. The summed E-state index contributed by atoms with van der Waals surface area (Å²) in [5, 5.41) is 0.968. The minimum atomic E-state index is -3.59. The summed E-state index contributed by atoms with van der Waals surface area (Å²) in [4.78, 5) is 6.21. The largest absolute Gasteiger partial charge is 0.497 e. The number of para-hydroxylation sites is 1. The van der Waals surface area contributed by atoms with Gasteiger partial charge in [-0.15, -0.1) is 0 Å². The van der Waals surface area contributed by atoms with E-state index >= 15 is 0 Å². The summed E-state index contributed by atoms with van der Waals surface area (Å²) in [6, 6.07) is 25.1. The molecule has 4 rings (SSSR count). The van der Waals surface area contributed by atoms with Gasteiger partial charge < -0.3 is 4.74 Å². The second-order valence-electron chi connectivity index (χ2n) is 6.57. The van der Waals surface area contributed by atoms with Crippen LogP contribution < -0.4 is 9.80 Å². The average Bonchev–Trinajstić information content (AvgIpc) is 3.21. The Bertz CT molecular complexity index is 1020. The normalized spacial score (nSPS) is 19.5. The minimum Gasteiger partial charge on any atom is -0.497 e. The molecule has 28 heavy (non-hydrogen) atoms. The molecule has 5 nitrogen and oxygen atoms in total. The lowest BCUT2D eigenvalue weighted by molar-refractivity contribution is 0.159. The molecule has 0 bridgehead atoms. The highest BCUT2D eigenvalue weighted by atomic mass is 32.2. The third kappa shape index (κ3) is 3.37. The molecule has 0 unspecified atom stereocenters. The van der Waals surface area contributed by atoms with Gasteiger partial charge in [-0.1, -0.05) is 48.5 Å². The van der Waals surface area contributed by atoms with Crippen LogP contribution in [0.2, 0.25) is 0 Å². The standard InChI is InChI=1S/C22H21NO4S/c1-26-19-14-12-17(13-15-19)22-21(28(24,25)20-10-6-3-7-11-20)16-27-23(22)18-8-4-2-5-9-18/h2-15,21-22H,16H2,1H3/t21-,22+/m0/s1. The van der Waals surface area contributed by atoms with Crippen LogP contribution in [0.1, 0.15) is 11.6 Å². The van der Waals surface area contributed by atoms with Crippen molar-refractivity contribution in [2.24, 2.45) is 0 Å². The van der Waals surface area contributed by atoms with Crippen molar-refractivity contribution in [1.82, 2.24) is 0 Å². The van der Waals surface area contributed by atoms with Gasteiger partial charge in [0.1, 0.15) is 17.0 Å². The molecule has 0 saturated carbocycles. The van der Waals surface area contributed by atoms with Gasteiger partial charge in [0.2, 0.25) is 0 Å². The molecule has 0 radical (unpaired) electrons. The lowest BCUT2D eigenvalue weighted by Crippen LogP contribution is -2.32. The van der Waals surface area contributed by atoms with Crippen LogP contribution in [0.5, 0.6) is 5.75 Å². The SMILES string of the molecule is COc1ccc([C@@H]2[C@@H](S(=O)(=O)c3ccccc3)CON2c2ccccc2)cc1. The van der Waals surface area contributed by atoms with Crippen molar-refractivity contribution in [2.45, 2.75) is 16.2 Å². The van der Waals surface area contributed by atoms with Crippen molar-refractivity contribution in [1.29, 1.82) is 0 Å². The van der Waals surface area contributed by atoms with Gasteiger partial charge in [0, 0.05) is 0 Å². The molecular weight excluding hydrogens is 374 g/mol. The highest BCUT2D eigenvalue weighted by molar-refractivity contribution is 7.92. The number of benzene rings is 3. The Kier molecular flexibility index (Phi) is 5.07. The highest BCUT2D eigenvalue weighted by Gasteiger charge is 2.45. The first-order valence-corrected chi connectivity index (χ1v) is 10.6. The highest BCUT2D eigenvalue weighted by Crippen LogP contribution is 2.40. The van der Waals surface area contributed by atoms with Gasteiger partial charge in [-0.05, 0) is 42.0 Å². The molecule has 3 aromatic rings. The number of hydrogen-bond acceptors (Lipinski definition) is 5. The van der Waals surface area contributed by atoms with Crippen molar-refractivity contribution in [3.63, 3.8) is 0 Å². The molecule has 0 N–H and O–H groups in total. The van der Waals surface area contributed by atoms with Crippen LogP contribution in [-0.2, 0) is 14.7 Å². The van der Waals surface area contributed by atoms with Crippen LogP contribution in [-0.4, -0.2) is 27.4 Å². The molecule has 1 saturated heterocycles. The van der Waals surface area contributed by atoms with Gasteiger partial charge in [0.25, 0.3) is 0 Å². The van der Waals surface area contributed by atoms with Gasteiger partial charge in [0.05, 0.1) is 24.3 Å². The molecule has 0 aliphatic carbocycles. The van der Waals surface area contributed by atoms with Crippen LogP contribution in [0.15, 0.2) is 89.8 Å². The van der Waals surface area contributed by atoms with E-state index in [9.17, 15) is 8.42 Å². The van der Waals surface area contributed by atoms with Crippen molar-refractivity contribution in [3.05, 3.63) is 90.5 Å². The number of nitrogens with zero attached hydrogens (tertiary/aromatic N) is 1. The van der Waals surface area contributed by atoms with Crippen molar-refractivity contribution < 1.29 is 18.0 Å². The first-order chi connectivity index (χ1) is 13.6. The zero-order valence-corrected chi connectivity index (χ0v) is 16.2. The Morgan fingerprint density at radius 2 is 1.50 bits per heavy atom. The second-order valence-corrected chi connectivity index (χ2v) is 8.74. The van der Waals surface area contributed by atoms with E-state index in [1.54, 1.807) is 42.5 Å². The summed E-state index contributed by atoms with van der Waals surface area (Å²) in [5.41, 5.74) is 1.67. The quantitative estimate of drug-likeness (QED) is 0.653. The molecule has 1 aliphatic heterocycles. The smallest absolute Gasteiger partial charge is 0.186 e. The molecule has 0 amide bonds. The van der Waals surface area contributed by atoms with Crippen molar-refractivity contribution in [3.8, 4) is 5.75 Å². The summed E-state index contributed by atoms with van der Waals surface area (Å²) in [5.74, 6) is 0.719. The van der Waals surface area contributed by atoms with E-state index in [-0.39, 0.29) is 6.61 Å². The summed E-state index contributed by atoms with van der Waals surface area (Å²) >= 11 is 0. The Morgan fingerprint density at radius 3 is 2.11 bits per heavy atom. The van der Waals surface area contributed by atoms with E-state index in [0.29, 0.717) is 4.90 Å². The molecule has 1 fully saturated rings. The minimum absolute atomic E-state index is 0.0861.